The zero-order valence-electron chi connectivity index (χ0n) is 13.1. The molecule has 0 aliphatic carbocycles. The Morgan fingerprint density at radius 1 is 1.24 bits per heavy atom. The fourth-order valence-corrected chi connectivity index (χ4v) is 2.28. The lowest BCUT2D eigenvalue weighted by molar-refractivity contribution is 0.0954. The van der Waals surface area contributed by atoms with E-state index in [0.29, 0.717) is 18.0 Å². The summed E-state index contributed by atoms with van der Waals surface area (Å²) in [5, 5.41) is 6.84. The van der Waals surface area contributed by atoms with Crippen LogP contribution < -0.4 is 5.32 Å². The maximum absolute atomic E-state index is 12.1. The highest BCUT2D eigenvalue weighted by atomic mass is 16.5. The first kappa shape index (κ1) is 15.3. The number of hydrogen-bond donors (Lipinski definition) is 1. The Labute approximate surface area is 125 Å². The molecule has 0 aliphatic heterocycles. The average Bonchev–Trinajstić information content (AvgIpc) is 2.79. The molecule has 2 aromatic rings. The Bertz CT molecular complexity index is 593. The van der Waals surface area contributed by atoms with Crippen LogP contribution in [0.2, 0.25) is 0 Å². The fraction of sp³-hybridized carbons (Fsp3) is 0.412. The summed E-state index contributed by atoms with van der Waals surface area (Å²) in [4.78, 5) is 12.1. The van der Waals surface area contributed by atoms with E-state index in [-0.39, 0.29) is 5.91 Å². The minimum absolute atomic E-state index is 0.0444. The van der Waals surface area contributed by atoms with Gasteiger partial charge in [0.25, 0.3) is 5.91 Å². The summed E-state index contributed by atoms with van der Waals surface area (Å²) in [6, 6.07) is 7.77. The van der Waals surface area contributed by atoms with Crippen LogP contribution in [-0.4, -0.2) is 17.6 Å². The number of rotatable bonds is 5. The van der Waals surface area contributed by atoms with Gasteiger partial charge in [0.2, 0.25) is 0 Å². The second-order valence-electron chi connectivity index (χ2n) is 5.59. The molecule has 0 bridgehead atoms. The van der Waals surface area contributed by atoms with Crippen molar-refractivity contribution < 1.29 is 9.32 Å². The maximum Gasteiger partial charge on any atom is 0.251 e. The van der Waals surface area contributed by atoms with Gasteiger partial charge in [-0.3, -0.25) is 4.79 Å². The van der Waals surface area contributed by atoms with Gasteiger partial charge in [-0.15, -0.1) is 0 Å². The third-order valence-corrected chi connectivity index (χ3v) is 3.68. The topological polar surface area (TPSA) is 55.1 Å². The molecule has 0 unspecified atom stereocenters. The van der Waals surface area contributed by atoms with Crippen molar-refractivity contribution in [2.45, 2.75) is 40.0 Å². The molecule has 0 saturated heterocycles. The van der Waals surface area contributed by atoms with Crippen molar-refractivity contribution in [3.05, 3.63) is 52.4 Å². The molecule has 1 aromatic heterocycles. The predicted octanol–water partition coefficient (Wildman–Crippen LogP) is 3.39. The molecule has 1 heterocycles. The van der Waals surface area contributed by atoms with Crippen LogP contribution >= 0.6 is 0 Å². The number of aryl methyl sites for hydroxylation is 2. The van der Waals surface area contributed by atoms with Crippen LogP contribution in [0.4, 0.5) is 0 Å². The number of nitrogens with zero attached hydrogens (tertiary/aromatic N) is 1. The zero-order chi connectivity index (χ0) is 15.4. The average molecular weight is 286 g/mol. The number of amides is 1. The number of nitrogens with one attached hydrogen (secondary N) is 1. The van der Waals surface area contributed by atoms with Crippen LogP contribution in [0.15, 0.2) is 28.8 Å². The van der Waals surface area contributed by atoms with E-state index in [2.05, 4.69) is 24.3 Å². The van der Waals surface area contributed by atoms with Crippen molar-refractivity contribution >= 4 is 5.91 Å². The summed E-state index contributed by atoms with van der Waals surface area (Å²) in [5.74, 6) is 1.25. The van der Waals surface area contributed by atoms with Crippen molar-refractivity contribution in [3.63, 3.8) is 0 Å². The van der Waals surface area contributed by atoms with E-state index in [9.17, 15) is 4.79 Å². The predicted molar refractivity (Wildman–Crippen MR) is 82.5 cm³/mol. The molecule has 2 rings (SSSR count). The Morgan fingerprint density at radius 2 is 1.90 bits per heavy atom. The highest BCUT2D eigenvalue weighted by molar-refractivity contribution is 5.94. The van der Waals surface area contributed by atoms with E-state index in [4.69, 9.17) is 4.52 Å². The third-order valence-electron chi connectivity index (χ3n) is 3.68. The summed E-state index contributed by atoms with van der Waals surface area (Å²) in [6.07, 6.45) is 0.733. The van der Waals surface area contributed by atoms with Crippen LogP contribution in [0.5, 0.6) is 0 Å². The van der Waals surface area contributed by atoms with Gasteiger partial charge in [-0.05, 0) is 43.9 Å². The molecule has 0 aliphatic rings. The van der Waals surface area contributed by atoms with Crippen LogP contribution in [0.1, 0.15) is 52.7 Å². The molecule has 1 amide bonds. The molecule has 1 aromatic carbocycles. The first-order chi connectivity index (χ1) is 9.99. The summed E-state index contributed by atoms with van der Waals surface area (Å²) in [7, 11) is 0. The quantitative estimate of drug-likeness (QED) is 0.916. The molecule has 0 fully saturated rings. The minimum Gasteiger partial charge on any atom is -0.361 e. The normalized spacial score (nSPS) is 10.9. The molecule has 0 saturated carbocycles. The molecule has 0 radical (unpaired) electrons. The lowest BCUT2D eigenvalue weighted by Crippen LogP contribution is -2.25. The van der Waals surface area contributed by atoms with Gasteiger partial charge in [0.15, 0.2) is 0 Å². The number of carbonyl (C=O) groups excluding carboxylic acids is 1. The van der Waals surface area contributed by atoms with Crippen molar-refractivity contribution in [2.24, 2.45) is 0 Å². The molecule has 0 spiro atoms. The van der Waals surface area contributed by atoms with Gasteiger partial charge < -0.3 is 9.84 Å². The van der Waals surface area contributed by atoms with E-state index < -0.39 is 0 Å². The number of carbonyl (C=O) groups is 1. The van der Waals surface area contributed by atoms with Crippen molar-refractivity contribution in [2.75, 3.05) is 6.54 Å². The van der Waals surface area contributed by atoms with Gasteiger partial charge >= 0.3 is 0 Å². The zero-order valence-corrected chi connectivity index (χ0v) is 13.1. The van der Waals surface area contributed by atoms with Crippen molar-refractivity contribution in [1.82, 2.24) is 10.5 Å². The largest absolute Gasteiger partial charge is 0.361 e. The third kappa shape index (κ3) is 3.72. The lowest BCUT2D eigenvalue weighted by Gasteiger charge is -2.08. The smallest absolute Gasteiger partial charge is 0.251 e. The van der Waals surface area contributed by atoms with Gasteiger partial charge in [-0.1, -0.05) is 31.1 Å². The van der Waals surface area contributed by atoms with E-state index in [1.807, 2.05) is 38.1 Å². The Kier molecular flexibility index (Phi) is 4.78. The molecule has 4 nitrogen and oxygen atoms in total. The molecule has 21 heavy (non-hydrogen) atoms. The summed E-state index contributed by atoms with van der Waals surface area (Å²) >= 11 is 0. The van der Waals surface area contributed by atoms with Crippen molar-refractivity contribution in [1.29, 1.82) is 0 Å². The molecule has 4 heteroatoms. The summed E-state index contributed by atoms with van der Waals surface area (Å²) in [5.41, 5.74) is 3.90. The summed E-state index contributed by atoms with van der Waals surface area (Å²) < 4.78 is 5.11. The molecule has 1 N–H and O–H groups in total. The second kappa shape index (κ2) is 6.57. The van der Waals surface area contributed by atoms with Crippen LogP contribution in [0, 0.1) is 13.8 Å². The van der Waals surface area contributed by atoms with Crippen LogP contribution in [0.25, 0.3) is 0 Å². The Morgan fingerprint density at radius 3 is 2.43 bits per heavy atom. The van der Waals surface area contributed by atoms with Gasteiger partial charge in [0.05, 0.1) is 5.69 Å². The number of aromatic nitrogens is 1. The van der Waals surface area contributed by atoms with Crippen LogP contribution in [0.3, 0.4) is 0 Å². The number of hydrogen-bond acceptors (Lipinski definition) is 3. The monoisotopic (exact) mass is 286 g/mol. The highest BCUT2D eigenvalue weighted by Gasteiger charge is 2.10. The second-order valence-corrected chi connectivity index (χ2v) is 5.59. The van der Waals surface area contributed by atoms with Crippen LogP contribution in [-0.2, 0) is 6.42 Å². The minimum atomic E-state index is -0.0444. The van der Waals surface area contributed by atoms with Gasteiger partial charge in [-0.25, -0.2) is 0 Å². The SMILES string of the molecule is Cc1noc(C)c1CCNC(=O)c1ccc(C(C)C)cc1. The van der Waals surface area contributed by atoms with Gasteiger partial charge in [0, 0.05) is 17.7 Å². The Hall–Kier alpha value is -2.10. The Balaban J connectivity index is 1.90. The van der Waals surface area contributed by atoms with Gasteiger partial charge in [-0.2, -0.15) is 0 Å². The molecule has 0 atom stereocenters. The van der Waals surface area contributed by atoms with E-state index >= 15 is 0 Å². The van der Waals surface area contributed by atoms with E-state index in [1.165, 1.54) is 5.56 Å². The molecular weight excluding hydrogens is 264 g/mol. The van der Waals surface area contributed by atoms with E-state index in [0.717, 1.165) is 23.4 Å². The molecule has 112 valence electrons. The fourth-order valence-electron chi connectivity index (χ4n) is 2.28. The lowest BCUT2D eigenvalue weighted by atomic mass is 10.0. The summed E-state index contributed by atoms with van der Waals surface area (Å²) in [6.45, 7) is 8.66. The van der Waals surface area contributed by atoms with Crippen molar-refractivity contribution in [3.8, 4) is 0 Å². The standard InChI is InChI=1S/C17H22N2O2/c1-11(2)14-5-7-15(8-6-14)17(20)18-10-9-16-12(3)19-21-13(16)4/h5-8,11H,9-10H2,1-4H3,(H,18,20). The highest BCUT2D eigenvalue weighted by Crippen LogP contribution is 2.15. The number of benzene rings is 1. The first-order valence-corrected chi connectivity index (χ1v) is 7.29. The van der Waals surface area contributed by atoms with E-state index in [1.54, 1.807) is 0 Å². The molecular formula is C17H22N2O2. The first-order valence-electron chi connectivity index (χ1n) is 7.29. The maximum atomic E-state index is 12.1. The van der Waals surface area contributed by atoms with Gasteiger partial charge in [0.1, 0.15) is 5.76 Å².